The molecular weight excluding hydrogens is 533 g/mol. The molecule has 1 aliphatic rings. The Bertz CT molecular complexity index is 1370. The van der Waals surface area contributed by atoms with E-state index in [1.54, 1.807) is 12.1 Å². The van der Waals surface area contributed by atoms with Crippen LogP contribution in [0.5, 0.6) is 0 Å². The molecule has 1 fully saturated rings. The summed E-state index contributed by atoms with van der Waals surface area (Å²) in [6.45, 7) is 0. The molecular formula is C24H14BrF3N2O5. The van der Waals surface area contributed by atoms with Crippen molar-refractivity contribution in [1.29, 1.82) is 0 Å². The molecule has 1 unspecified atom stereocenters. The van der Waals surface area contributed by atoms with Crippen LogP contribution in [0.4, 0.5) is 24.5 Å². The molecule has 0 spiro atoms. The number of anilines is 1. The highest BCUT2D eigenvalue weighted by molar-refractivity contribution is 9.10. The van der Waals surface area contributed by atoms with Gasteiger partial charge >= 0.3 is 6.18 Å². The van der Waals surface area contributed by atoms with Crippen LogP contribution >= 0.6 is 15.9 Å². The number of halogens is 4. The number of aliphatic hydroxyl groups excluding tert-OH is 1. The summed E-state index contributed by atoms with van der Waals surface area (Å²) in [4.78, 5) is 37.4. The fraction of sp³-hybridized carbons (Fsp3) is 0.0833. The molecule has 1 N–H and O–H groups in total. The average molecular weight is 547 g/mol. The Hall–Kier alpha value is -3.99. The molecule has 1 amide bonds. The first-order chi connectivity index (χ1) is 16.5. The summed E-state index contributed by atoms with van der Waals surface area (Å²) in [6.07, 6.45) is -4.70. The number of Topliss-reactive ketones (excluding diaryl/α,β-unsaturated/α-hetero) is 1. The van der Waals surface area contributed by atoms with Crippen LogP contribution in [0.2, 0.25) is 0 Å². The zero-order valence-electron chi connectivity index (χ0n) is 17.5. The largest absolute Gasteiger partial charge is 0.507 e. The van der Waals surface area contributed by atoms with Crippen LogP contribution in [-0.4, -0.2) is 21.7 Å². The van der Waals surface area contributed by atoms with Crippen molar-refractivity contribution in [3.8, 4) is 0 Å². The molecule has 0 aromatic heterocycles. The third kappa shape index (κ3) is 4.54. The number of benzene rings is 3. The first kappa shape index (κ1) is 24.1. The van der Waals surface area contributed by atoms with Crippen LogP contribution in [0.1, 0.15) is 22.7 Å². The lowest BCUT2D eigenvalue weighted by Crippen LogP contribution is -2.29. The summed E-state index contributed by atoms with van der Waals surface area (Å²) >= 11 is 3.26. The van der Waals surface area contributed by atoms with Crippen molar-refractivity contribution in [1.82, 2.24) is 0 Å². The van der Waals surface area contributed by atoms with Gasteiger partial charge in [-0.25, -0.2) is 0 Å². The van der Waals surface area contributed by atoms with Crippen LogP contribution in [0.3, 0.4) is 0 Å². The van der Waals surface area contributed by atoms with Gasteiger partial charge < -0.3 is 5.11 Å². The molecule has 0 saturated carbocycles. The summed E-state index contributed by atoms with van der Waals surface area (Å²) in [7, 11) is 0. The summed E-state index contributed by atoms with van der Waals surface area (Å²) in [5.41, 5.74) is -1.50. The van der Waals surface area contributed by atoms with Crippen LogP contribution in [0.25, 0.3) is 5.76 Å². The van der Waals surface area contributed by atoms with E-state index in [0.717, 1.165) is 35.2 Å². The number of hydrogen-bond donors (Lipinski definition) is 1. The molecule has 1 atom stereocenters. The van der Waals surface area contributed by atoms with Crippen molar-refractivity contribution in [3.63, 3.8) is 0 Å². The lowest BCUT2D eigenvalue weighted by Gasteiger charge is -2.26. The molecule has 1 heterocycles. The Morgan fingerprint density at radius 1 is 1.00 bits per heavy atom. The van der Waals surface area contributed by atoms with Crippen LogP contribution < -0.4 is 4.90 Å². The Morgan fingerprint density at radius 3 is 2.20 bits per heavy atom. The van der Waals surface area contributed by atoms with E-state index in [9.17, 15) is 38.0 Å². The minimum absolute atomic E-state index is 0.186. The van der Waals surface area contributed by atoms with Gasteiger partial charge in [0, 0.05) is 27.9 Å². The van der Waals surface area contributed by atoms with E-state index in [2.05, 4.69) is 15.9 Å². The molecule has 178 valence electrons. The molecule has 0 aliphatic carbocycles. The first-order valence-corrected chi connectivity index (χ1v) is 10.8. The molecule has 1 saturated heterocycles. The van der Waals surface area contributed by atoms with Gasteiger partial charge in [-0.2, -0.15) is 13.2 Å². The van der Waals surface area contributed by atoms with Crippen LogP contribution in [-0.2, 0) is 15.8 Å². The minimum Gasteiger partial charge on any atom is -0.507 e. The predicted molar refractivity (Wildman–Crippen MR) is 123 cm³/mol. The van der Waals surface area contributed by atoms with Gasteiger partial charge in [-0.3, -0.25) is 24.6 Å². The van der Waals surface area contributed by atoms with Gasteiger partial charge in [-0.1, -0.05) is 34.1 Å². The molecule has 0 radical (unpaired) electrons. The van der Waals surface area contributed by atoms with E-state index in [1.165, 1.54) is 30.3 Å². The maximum Gasteiger partial charge on any atom is 0.416 e. The van der Waals surface area contributed by atoms with E-state index >= 15 is 0 Å². The second-order valence-electron chi connectivity index (χ2n) is 7.57. The van der Waals surface area contributed by atoms with Crippen molar-refractivity contribution in [2.75, 3.05) is 4.90 Å². The van der Waals surface area contributed by atoms with E-state index in [1.807, 2.05) is 0 Å². The van der Waals surface area contributed by atoms with Gasteiger partial charge in [0.2, 0.25) is 0 Å². The number of carbonyl (C=O) groups is 2. The lowest BCUT2D eigenvalue weighted by atomic mass is 9.95. The second-order valence-corrected chi connectivity index (χ2v) is 8.49. The zero-order chi connectivity index (χ0) is 25.5. The Morgan fingerprint density at radius 2 is 1.63 bits per heavy atom. The van der Waals surface area contributed by atoms with E-state index in [4.69, 9.17) is 0 Å². The standard InChI is InChI=1S/C24H14BrF3N2O5/c25-16-8-4-14(5-9-16)21(31)19-20(13-6-10-17(11-7-13)30(34)35)29(23(33)22(19)32)18-3-1-2-15(12-18)24(26,27)28/h1-12,20,31H/b21-19+. The highest BCUT2D eigenvalue weighted by Gasteiger charge is 2.47. The van der Waals surface area contributed by atoms with Gasteiger partial charge in [0.05, 0.1) is 22.1 Å². The molecule has 35 heavy (non-hydrogen) atoms. The highest BCUT2D eigenvalue weighted by Crippen LogP contribution is 2.43. The molecule has 7 nitrogen and oxygen atoms in total. The van der Waals surface area contributed by atoms with Gasteiger partial charge in [-0.15, -0.1) is 0 Å². The fourth-order valence-electron chi connectivity index (χ4n) is 3.79. The third-order valence-corrected chi connectivity index (χ3v) is 5.96. The number of hydrogen-bond acceptors (Lipinski definition) is 5. The number of alkyl halides is 3. The predicted octanol–water partition coefficient (Wildman–Crippen LogP) is 6.00. The molecule has 11 heteroatoms. The number of carbonyl (C=O) groups excluding carboxylic acids is 2. The fourth-order valence-corrected chi connectivity index (χ4v) is 4.05. The SMILES string of the molecule is O=C1C(=O)N(c2cccc(C(F)(F)F)c2)C(c2ccc([N+](=O)[O-])cc2)/C1=C(\O)c1ccc(Br)cc1. The number of amides is 1. The first-order valence-electron chi connectivity index (χ1n) is 9.97. The van der Waals surface area contributed by atoms with Gasteiger partial charge in [0.25, 0.3) is 17.4 Å². The number of aliphatic hydroxyl groups is 1. The number of rotatable bonds is 4. The Kier molecular flexibility index (Phi) is 6.20. The van der Waals surface area contributed by atoms with E-state index in [0.29, 0.717) is 4.47 Å². The maximum absolute atomic E-state index is 13.3. The monoisotopic (exact) mass is 546 g/mol. The van der Waals surface area contributed by atoms with E-state index < -0.39 is 40.2 Å². The van der Waals surface area contributed by atoms with Crippen LogP contribution in [0, 0.1) is 10.1 Å². The second kappa shape index (κ2) is 8.99. The summed E-state index contributed by atoms with van der Waals surface area (Å²) in [6, 6.07) is 13.6. The number of ketones is 1. The number of nitrogens with zero attached hydrogens (tertiary/aromatic N) is 2. The number of non-ortho nitro benzene ring substituents is 1. The molecule has 4 rings (SSSR count). The van der Waals surface area contributed by atoms with Gasteiger partial charge in [0.15, 0.2) is 0 Å². The lowest BCUT2D eigenvalue weighted by molar-refractivity contribution is -0.384. The average Bonchev–Trinajstić information content (AvgIpc) is 3.09. The minimum atomic E-state index is -4.70. The topological polar surface area (TPSA) is 101 Å². The van der Waals surface area contributed by atoms with Crippen molar-refractivity contribution < 1.29 is 32.8 Å². The van der Waals surface area contributed by atoms with Crippen molar-refractivity contribution in [3.05, 3.63) is 110 Å². The van der Waals surface area contributed by atoms with Gasteiger partial charge in [-0.05, 0) is 48.0 Å². The highest BCUT2D eigenvalue weighted by atomic mass is 79.9. The summed E-state index contributed by atoms with van der Waals surface area (Å²) in [5, 5.41) is 22.1. The van der Waals surface area contributed by atoms with E-state index in [-0.39, 0.29) is 28.1 Å². The zero-order valence-corrected chi connectivity index (χ0v) is 19.1. The molecule has 1 aliphatic heterocycles. The van der Waals surface area contributed by atoms with Crippen molar-refractivity contribution >= 4 is 44.8 Å². The van der Waals surface area contributed by atoms with Gasteiger partial charge in [0.1, 0.15) is 5.76 Å². The summed E-state index contributed by atoms with van der Waals surface area (Å²) < 4.78 is 40.7. The normalized spacial score (nSPS) is 17.6. The van der Waals surface area contributed by atoms with Crippen LogP contribution in [0.15, 0.2) is 82.8 Å². The van der Waals surface area contributed by atoms with Crippen molar-refractivity contribution in [2.45, 2.75) is 12.2 Å². The summed E-state index contributed by atoms with van der Waals surface area (Å²) in [5.74, 6) is -2.79. The Balaban J connectivity index is 1.94. The quantitative estimate of drug-likeness (QED) is 0.142. The number of nitro groups is 1. The van der Waals surface area contributed by atoms with Crippen molar-refractivity contribution in [2.24, 2.45) is 0 Å². The smallest absolute Gasteiger partial charge is 0.416 e. The molecule has 3 aromatic carbocycles. The number of nitro benzene ring substituents is 1. The molecule has 0 bridgehead atoms. The Labute approximate surface area is 204 Å². The third-order valence-electron chi connectivity index (χ3n) is 5.43. The maximum atomic E-state index is 13.3. The molecule has 3 aromatic rings.